The Hall–Kier alpha value is -3.47. The number of ether oxygens (including phenoxy) is 2. The number of hydrogen-bond donors (Lipinski definition) is 2. The molecule has 0 aliphatic carbocycles. The van der Waals surface area contributed by atoms with Crippen LogP contribution in [0.15, 0.2) is 78.9 Å². The summed E-state index contributed by atoms with van der Waals surface area (Å²) in [7, 11) is 1.62. The summed E-state index contributed by atoms with van der Waals surface area (Å²) in [5, 5.41) is 5.95. The highest BCUT2D eigenvalue weighted by Gasteiger charge is 2.04. The number of carbonyl (C=O) groups excluding carboxylic acids is 1. The second-order valence-corrected chi connectivity index (χ2v) is 5.93. The van der Waals surface area contributed by atoms with Gasteiger partial charge in [0.05, 0.1) is 13.7 Å². The van der Waals surface area contributed by atoms with Gasteiger partial charge in [0.2, 0.25) is 5.91 Å². The van der Waals surface area contributed by atoms with Gasteiger partial charge in [0.15, 0.2) is 0 Å². The van der Waals surface area contributed by atoms with Crippen LogP contribution < -0.4 is 20.1 Å². The summed E-state index contributed by atoms with van der Waals surface area (Å²) in [4.78, 5) is 12.2. The monoisotopic (exact) mass is 362 g/mol. The minimum absolute atomic E-state index is 0.133. The van der Waals surface area contributed by atoms with Crippen molar-refractivity contribution in [1.82, 2.24) is 0 Å². The Bertz CT molecular complexity index is 864. The van der Waals surface area contributed by atoms with Crippen LogP contribution in [0.5, 0.6) is 11.5 Å². The lowest BCUT2D eigenvalue weighted by molar-refractivity contribution is -0.114. The summed E-state index contributed by atoms with van der Waals surface area (Å²) in [6, 6.07) is 24.7. The van der Waals surface area contributed by atoms with Crippen molar-refractivity contribution >= 4 is 17.3 Å². The molecule has 0 aromatic heterocycles. The largest absolute Gasteiger partial charge is 0.497 e. The zero-order chi connectivity index (χ0) is 18.9. The van der Waals surface area contributed by atoms with Crippen molar-refractivity contribution in [2.24, 2.45) is 0 Å². The number of anilines is 2. The van der Waals surface area contributed by atoms with Crippen molar-refractivity contribution in [3.05, 3.63) is 84.4 Å². The maximum Gasteiger partial charge on any atom is 0.243 e. The maximum absolute atomic E-state index is 12.2. The summed E-state index contributed by atoms with van der Waals surface area (Å²) in [5.74, 6) is 1.35. The van der Waals surface area contributed by atoms with E-state index in [1.807, 2.05) is 78.9 Å². The number of rotatable bonds is 8. The average molecular weight is 362 g/mol. The van der Waals surface area contributed by atoms with Gasteiger partial charge in [-0.1, -0.05) is 36.4 Å². The first-order valence-corrected chi connectivity index (χ1v) is 8.67. The lowest BCUT2D eigenvalue weighted by Gasteiger charge is -2.10. The van der Waals surface area contributed by atoms with Crippen molar-refractivity contribution < 1.29 is 14.3 Å². The first-order valence-electron chi connectivity index (χ1n) is 8.67. The molecule has 0 heterocycles. The molecule has 0 unspecified atom stereocenters. The molecular weight excluding hydrogens is 340 g/mol. The van der Waals surface area contributed by atoms with E-state index in [9.17, 15) is 4.79 Å². The number of nitrogens with one attached hydrogen (secondary N) is 2. The molecule has 0 saturated carbocycles. The van der Waals surface area contributed by atoms with E-state index in [1.54, 1.807) is 7.11 Å². The third kappa shape index (κ3) is 5.78. The first kappa shape index (κ1) is 18.3. The van der Waals surface area contributed by atoms with Crippen LogP contribution in [0.25, 0.3) is 0 Å². The van der Waals surface area contributed by atoms with Gasteiger partial charge in [-0.2, -0.15) is 0 Å². The third-order valence-electron chi connectivity index (χ3n) is 3.91. The molecule has 0 saturated heterocycles. The van der Waals surface area contributed by atoms with Gasteiger partial charge in [0.1, 0.15) is 18.1 Å². The van der Waals surface area contributed by atoms with Gasteiger partial charge in [-0.15, -0.1) is 0 Å². The number of carbonyl (C=O) groups is 1. The Kier molecular flexibility index (Phi) is 6.30. The van der Waals surface area contributed by atoms with E-state index in [1.165, 1.54) is 0 Å². The lowest BCUT2D eigenvalue weighted by atomic mass is 10.2. The summed E-state index contributed by atoms with van der Waals surface area (Å²) in [6.07, 6.45) is 0. The Morgan fingerprint density at radius 2 is 1.63 bits per heavy atom. The Balaban J connectivity index is 1.50. The van der Waals surface area contributed by atoms with Crippen LogP contribution in [0.4, 0.5) is 11.4 Å². The Labute approximate surface area is 158 Å². The minimum atomic E-state index is -0.133. The van der Waals surface area contributed by atoms with Gasteiger partial charge in [-0.05, 0) is 42.0 Å². The van der Waals surface area contributed by atoms with Crippen molar-refractivity contribution in [3.63, 3.8) is 0 Å². The molecule has 5 heteroatoms. The molecule has 3 aromatic rings. The lowest BCUT2D eigenvalue weighted by Crippen LogP contribution is -2.21. The first-order chi connectivity index (χ1) is 13.2. The van der Waals surface area contributed by atoms with E-state index in [0.29, 0.717) is 18.0 Å². The molecule has 3 rings (SSSR count). The standard InChI is InChI=1S/C22H22N2O3/c1-26-20-12-10-18(11-13-20)23-15-22(25)24-19-8-5-9-21(14-19)27-16-17-6-3-2-4-7-17/h2-14,23H,15-16H2,1H3,(H,24,25). The predicted molar refractivity (Wildman–Crippen MR) is 107 cm³/mol. The predicted octanol–water partition coefficient (Wildman–Crippen LogP) is 4.32. The van der Waals surface area contributed by atoms with Crippen LogP contribution in [0.2, 0.25) is 0 Å². The highest BCUT2D eigenvalue weighted by molar-refractivity contribution is 5.93. The molecule has 3 aromatic carbocycles. The Morgan fingerprint density at radius 1 is 0.852 bits per heavy atom. The number of hydrogen-bond acceptors (Lipinski definition) is 4. The molecule has 1 amide bonds. The second-order valence-electron chi connectivity index (χ2n) is 5.93. The van der Waals surface area contributed by atoms with E-state index < -0.39 is 0 Å². The average Bonchev–Trinajstić information content (AvgIpc) is 2.72. The Morgan fingerprint density at radius 3 is 2.37 bits per heavy atom. The molecule has 0 spiro atoms. The second kappa shape index (κ2) is 9.29. The van der Waals surface area contributed by atoms with Crippen LogP contribution in [0, 0.1) is 0 Å². The molecule has 5 nitrogen and oxygen atoms in total. The summed E-state index contributed by atoms with van der Waals surface area (Å²) < 4.78 is 10.9. The van der Waals surface area contributed by atoms with Crippen molar-refractivity contribution in [1.29, 1.82) is 0 Å². The van der Waals surface area contributed by atoms with Crippen LogP contribution in [-0.4, -0.2) is 19.6 Å². The van der Waals surface area contributed by atoms with Gasteiger partial charge in [0, 0.05) is 17.4 Å². The van der Waals surface area contributed by atoms with Crippen molar-refractivity contribution in [2.75, 3.05) is 24.3 Å². The third-order valence-corrected chi connectivity index (χ3v) is 3.91. The topological polar surface area (TPSA) is 59.6 Å². The molecule has 0 aliphatic heterocycles. The van der Waals surface area contributed by atoms with Gasteiger partial charge in [-0.25, -0.2) is 0 Å². The zero-order valence-corrected chi connectivity index (χ0v) is 15.1. The van der Waals surface area contributed by atoms with Crippen molar-refractivity contribution in [2.45, 2.75) is 6.61 Å². The van der Waals surface area contributed by atoms with Crippen LogP contribution in [0.1, 0.15) is 5.56 Å². The number of benzene rings is 3. The van der Waals surface area contributed by atoms with E-state index in [-0.39, 0.29) is 12.5 Å². The van der Waals surface area contributed by atoms with Gasteiger partial charge >= 0.3 is 0 Å². The number of amides is 1. The summed E-state index contributed by atoms with van der Waals surface area (Å²) >= 11 is 0. The molecule has 0 atom stereocenters. The van der Waals surface area contributed by atoms with Gasteiger partial charge in [-0.3, -0.25) is 4.79 Å². The highest BCUT2D eigenvalue weighted by atomic mass is 16.5. The minimum Gasteiger partial charge on any atom is -0.497 e. The molecular formula is C22H22N2O3. The molecule has 0 radical (unpaired) electrons. The SMILES string of the molecule is COc1ccc(NCC(=O)Nc2cccc(OCc3ccccc3)c2)cc1. The number of methoxy groups -OCH3 is 1. The van der Waals surface area contributed by atoms with Crippen LogP contribution >= 0.6 is 0 Å². The van der Waals surface area contributed by atoms with Crippen LogP contribution in [0.3, 0.4) is 0 Å². The molecule has 0 bridgehead atoms. The zero-order valence-electron chi connectivity index (χ0n) is 15.1. The fraction of sp³-hybridized carbons (Fsp3) is 0.136. The quantitative estimate of drug-likeness (QED) is 0.626. The molecule has 138 valence electrons. The fourth-order valence-electron chi connectivity index (χ4n) is 2.50. The van der Waals surface area contributed by atoms with E-state index in [0.717, 1.165) is 17.0 Å². The van der Waals surface area contributed by atoms with E-state index >= 15 is 0 Å². The van der Waals surface area contributed by atoms with E-state index in [4.69, 9.17) is 9.47 Å². The van der Waals surface area contributed by atoms with Gasteiger partial charge in [0.25, 0.3) is 0 Å². The molecule has 0 aliphatic rings. The van der Waals surface area contributed by atoms with Crippen molar-refractivity contribution in [3.8, 4) is 11.5 Å². The van der Waals surface area contributed by atoms with E-state index in [2.05, 4.69) is 10.6 Å². The molecule has 0 fully saturated rings. The van der Waals surface area contributed by atoms with Gasteiger partial charge < -0.3 is 20.1 Å². The van der Waals surface area contributed by atoms with Crippen LogP contribution in [-0.2, 0) is 11.4 Å². The summed E-state index contributed by atoms with van der Waals surface area (Å²) in [5.41, 5.74) is 2.64. The highest BCUT2D eigenvalue weighted by Crippen LogP contribution is 2.19. The molecule has 27 heavy (non-hydrogen) atoms. The fourth-order valence-corrected chi connectivity index (χ4v) is 2.50. The normalized spacial score (nSPS) is 10.1. The molecule has 2 N–H and O–H groups in total. The summed E-state index contributed by atoms with van der Waals surface area (Å²) in [6.45, 7) is 0.651. The maximum atomic E-state index is 12.2. The smallest absolute Gasteiger partial charge is 0.243 e.